The zero-order valence-corrected chi connectivity index (χ0v) is 36.0. The number of fused-ring (bicyclic) bond motifs is 12. The Balaban J connectivity index is 1.63. The number of hydrogen-bond donors (Lipinski definition) is 0. The van der Waals surface area contributed by atoms with Gasteiger partial charge in [0.1, 0.15) is 11.5 Å². The van der Waals surface area contributed by atoms with Crippen molar-refractivity contribution in [1.82, 2.24) is 9.80 Å². The van der Waals surface area contributed by atoms with Gasteiger partial charge in [-0.15, -0.1) is 0 Å². The topological polar surface area (TPSA) is 34.2 Å². The largest absolute Gasteiger partial charge is 0.475 e. The number of ether oxygens (including phenoxy) is 3. The molecule has 0 saturated heterocycles. The fraction of sp³-hybridized carbons (Fsp3) is 0.875. The van der Waals surface area contributed by atoms with Crippen molar-refractivity contribution in [2.45, 2.75) is 232 Å². The lowest BCUT2D eigenvalue weighted by Crippen LogP contribution is -2.37. The predicted octanol–water partition coefficient (Wildman–Crippen LogP) is 14.5. The van der Waals surface area contributed by atoms with Crippen molar-refractivity contribution >= 4 is 0 Å². The van der Waals surface area contributed by atoms with Crippen LogP contribution in [-0.2, 0) is 4.74 Å². The first kappa shape index (κ1) is 47.9. The van der Waals surface area contributed by atoms with Gasteiger partial charge in [-0.05, 0) is 64.0 Å². The highest BCUT2D eigenvalue weighted by molar-refractivity contribution is 5.31. The average Bonchev–Trinajstić information content (AvgIpc) is 3.18. The van der Waals surface area contributed by atoms with Crippen LogP contribution in [0.25, 0.3) is 0 Å². The van der Waals surface area contributed by atoms with Crippen LogP contribution >= 0.6 is 0 Å². The maximum absolute atomic E-state index is 6.59. The fourth-order valence-corrected chi connectivity index (χ4v) is 7.87. The van der Waals surface area contributed by atoms with E-state index in [1.54, 1.807) is 0 Å². The Bertz CT molecular complexity index is 824. The second-order valence-electron chi connectivity index (χ2n) is 16.7. The third-order valence-electron chi connectivity index (χ3n) is 11.6. The van der Waals surface area contributed by atoms with Gasteiger partial charge in [0.15, 0.2) is 12.5 Å². The van der Waals surface area contributed by atoms with Gasteiger partial charge < -0.3 is 14.2 Å². The molecule has 3 rings (SSSR count). The van der Waals surface area contributed by atoms with E-state index < -0.39 is 0 Å². The Morgan fingerprint density at radius 2 is 0.679 bits per heavy atom. The van der Waals surface area contributed by atoms with Gasteiger partial charge >= 0.3 is 0 Å². The monoisotopic (exact) mass is 743 g/mol. The summed E-state index contributed by atoms with van der Waals surface area (Å²) in [6, 6.07) is 8.40. The summed E-state index contributed by atoms with van der Waals surface area (Å²) in [7, 11) is 4.47. The first-order valence-corrected chi connectivity index (χ1v) is 23.6. The van der Waals surface area contributed by atoms with E-state index in [9.17, 15) is 0 Å². The number of nitrogens with zero attached hydrogens (tertiary/aromatic N) is 2. The van der Waals surface area contributed by atoms with Crippen LogP contribution in [0.15, 0.2) is 24.3 Å². The van der Waals surface area contributed by atoms with Gasteiger partial charge in [0.25, 0.3) is 0 Å². The maximum atomic E-state index is 6.59. The Labute approximate surface area is 331 Å². The van der Waals surface area contributed by atoms with Gasteiger partial charge in [-0.3, -0.25) is 9.80 Å². The highest BCUT2D eigenvalue weighted by Crippen LogP contribution is 2.24. The third kappa shape index (κ3) is 27.0. The number of unbranched alkanes of at least 4 members (excludes halogenated alkanes) is 26. The van der Waals surface area contributed by atoms with Crippen molar-refractivity contribution in [1.29, 1.82) is 0 Å². The number of hydrogen-bond acceptors (Lipinski definition) is 5. The van der Waals surface area contributed by atoms with Gasteiger partial charge in [0.05, 0.1) is 0 Å². The third-order valence-corrected chi connectivity index (χ3v) is 11.6. The minimum atomic E-state index is 0.0708. The molecule has 0 saturated carbocycles. The van der Waals surface area contributed by atoms with Crippen LogP contribution < -0.4 is 9.47 Å². The average molecular weight is 743 g/mol. The molecule has 0 aromatic heterocycles. The molecule has 5 heteroatoms. The van der Waals surface area contributed by atoms with E-state index in [-0.39, 0.29) is 12.5 Å². The van der Waals surface area contributed by atoms with Crippen LogP contribution in [0.5, 0.6) is 11.5 Å². The maximum Gasteiger partial charge on any atom is 0.152 e. The Kier molecular flexibility index (Phi) is 31.7. The molecule has 0 radical (unpaired) electrons. The Hall–Kier alpha value is -1.30. The van der Waals surface area contributed by atoms with Crippen molar-refractivity contribution < 1.29 is 14.2 Å². The molecule has 0 N–H and O–H groups in total. The molecule has 0 amide bonds. The lowest BCUT2D eigenvalue weighted by Gasteiger charge is -2.29. The van der Waals surface area contributed by atoms with Crippen LogP contribution in [0.1, 0.15) is 219 Å². The summed E-state index contributed by atoms with van der Waals surface area (Å²) in [5.74, 6) is 1.86. The van der Waals surface area contributed by atoms with Crippen molar-refractivity contribution in [3.05, 3.63) is 24.3 Å². The van der Waals surface area contributed by atoms with Gasteiger partial charge in [0, 0.05) is 39.1 Å². The van der Waals surface area contributed by atoms with E-state index >= 15 is 0 Å². The zero-order valence-electron chi connectivity index (χ0n) is 36.0. The van der Waals surface area contributed by atoms with E-state index in [0.717, 1.165) is 63.5 Å². The number of rotatable bonds is 32. The second kappa shape index (κ2) is 35.1. The Morgan fingerprint density at radius 1 is 0.415 bits per heavy atom. The summed E-state index contributed by atoms with van der Waals surface area (Å²) in [6.45, 7) is 8.36. The molecule has 0 fully saturated rings. The molecule has 53 heavy (non-hydrogen) atoms. The molecule has 2 unspecified atom stereocenters. The van der Waals surface area contributed by atoms with E-state index in [1.807, 2.05) is 0 Å². The van der Waals surface area contributed by atoms with Crippen molar-refractivity contribution in [3.63, 3.8) is 0 Å². The van der Waals surface area contributed by atoms with Crippen LogP contribution in [0, 0.1) is 0 Å². The van der Waals surface area contributed by atoms with E-state index in [4.69, 9.17) is 14.2 Å². The van der Waals surface area contributed by atoms with Crippen molar-refractivity contribution in [3.8, 4) is 11.5 Å². The Morgan fingerprint density at radius 3 is 0.962 bits per heavy atom. The SMILES string of the molecule is CCCCCCCCCCCCCCCCN(C)C1CCCOCCCC(N(C)CCCCCCCCCCCCCCCC)Oc2ccc(cc2)O1. The van der Waals surface area contributed by atoms with Gasteiger partial charge in [-0.25, -0.2) is 0 Å². The summed E-state index contributed by atoms with van der Waals surface area (Å²) in [6.07, 6.45) is 43.3. The molecule has 310 valence electrons. The van der Waals surface area contributed by atoms with E-state index in [2.05, 4.69) is 62.0 Å². The zero-order chi connectivity index (χ0) is 37.9. The smallest absolute Gasteiger partial charge is 0.152 e. The summed E-state index contributed by atoms with van der Waals surface area (Å²) >= 11 is 0. The minimum Gasteiger partial charge on any atom is -0.475 e. The standard InChI is InChI=1S/C48H90N2O3/c1-5-7-9-11-13-15-17-19-21-23-25-27-29-31-41-49(3)47-35-33-43-51-44-34-36-48(53-46-39-37-45(52-47)38-40-46)50(4)42-32-30-28-26-24-22-20-18-16-14-12-10-8-6-2/h37-40,47-48H,5-36,41-44H2,1-4H3. The molecule has 2 bridgehead atoms. The fourth-order valence-electron chi connectivity index (χ4n) is 7.87. The van der Waals surface area contributed by atoms with Crippen LogP contribution in [-0.4, -0.2) is 62.7 Å². The summed E-state index contributed by atoms with van der Waals surface area (Å²) in [4.78, 5) is 4.84. The summed E-state index contributed by atoms with van der Waals surface area (Å²) < 4.78 is 19.3. The van der Waals surface area contributed by atoms with Crippen molar-refractivity contribution in [2.75, 3.05) is 40.4 Å². The minimum absolute atomic E-state index is 0.0708. The first-order valence-electron chi connectivity index (χ1n) is 23.6. The molecule has 2 heterocycles. The lowest BCUT2D eigenvalue weighted by molar-refractivity contribution is 0.0199. The highest BCUT2D eigenvalue weighted by Gasteiger charge is 2.19. The van der Waals surface area contributed by atoms with E-state index in [0.29, 0.717) is 0 Å². The molecular formula is C48H90N2O3. The predicted molar refractivity (Wildman–Crippen MR) is 230 cm³/mol. The van der Waals surface area contributed by atoms with Crippen LogP contribution in [0.3, 0.4) is 0 Å². The molecule has 0 aliphatic carbocycles. The quantitative estimate of drug-likeness (QED) is 0.0687. The van der Waals surface area contributed by atoms with Crippen LogP contribution in [0.2, 0.25) is 0 Å². The van der Waals surface area contributed by atoms with Crippen LogP contribution in [0.4, 0.5) is 0 Å². The molecule has 1 aromatic carbocycles. The normalized spacial score (nSPS) is 17.2. The second-order valence-corrected chi connectivity index (χ2v) is 16.7. The van der Waals surface area contributed by atoms with Crippen molar-refractivity contribution in [2.24, 2.45) is 0 Å². The molecule has 1 aromatic rings. The molecule has 5 nitrogen and oxygen atoms in total. The molecule has 2 atom stereocenters. The molecule has 0 spiro atoms. The molecular weight excluding hydrogens is 653 g/mol. The number of benzene rings is 1. The van der Waals surface area contributed by atoms with E-state index in [1.165, 1.54) is 180 Å². The highest BCUT2D eigenvalue weighted by atomic mass is 16.5. The van der Waals surface area contributed by atoms with Gasteiger partial charge in [-0.2, -0.15) is 0 Å². The molecule has 2 aliphatic heterocycles. The lowest BCUT2D eigenvalue weighted by atomic mass is 10.0. The summed E-state index contributed by atoms with van der Waals surface area (Å²) in [5.41, 5.74) is 0. The first-order chi connectivity index (χ1) is 26.1. The van der Waals surface area contributed by atoms with Gasteiger partial charge in [0.2, 0.25) is 0 Å². The summed E-state index contributed by atoms with van der Waals surface area (Å²) in [5, 5.41) is 0. The molecule has 2 aliphatic rings. The van der Waals surface area contributed by atoms with Gasteiger partial charge in [-0.1, -0.05) is 181 Å².